The molecule has 3 aromatic carbocycles. The largest absolute Gasteiger partial charge is 0.458 e. The fourth-order valence-electron chi connectivity index (χ4n) is 4.15. The average molecular weight is 562 g/mol. The first kappa shape index (κ1) is 27.1. The highest BCUT2D eigenvalue weighted by Crippen LogP contribution is 2.45. The Balaban J connectivity index is 1.45. The number of alkyl halides is 5. The third-order valence-corrected chi connectivity index (χ3v) is 6.09. The first-order valence-electron chi connectivity index (χ1n) is 11.1. The minimum absolute atomic E-state index is 0.136. The van der Waals surface area contributed by atoms with Crippen molar-refractivity contribution in [2.75, 3.05) is 19.8 Å². The van der Waals surface area contributed by atoms with E-state index in [-0.39, 0.29) is 30.8 Å². The van der Waals surface area contributed by atoms with Crippen LogP contribution in [0.5, 0.6) is 5.75 Å². The first-order valence-corrected chi connectivity index (χ1v) is 11.1. The molecule has 3 fully saturated rings. The van der Waals surface area contributed by atoms with E-state index in [0.29, 0.717) is 18.2 Å². The lowest BCUT2D eigenvalue weighted by Gasteiger charge is -2.50. The number of halogens is 9. The summed E-state index contributed by atoms with van der Waals surface area (Å²) in [5.74, 6) is -7.03. The Morgan fingerprint density at radius 1 is 0.821 bits per heavy atom. The summed E-state index contributed by atoms with van der Waals surface area (Å²) in [6.45, 7) is 2.21. The van der Waals surface area contributed by atoms with Crippen molar-refractivity contribution in [2.24, 2.45) is 5.41 Å². The van der Waals surface area contributed by atoms with Crippen molar-refractivity contribution in [3.05, 3.63) is 76.4 Å². The van der Waals surface area contributed by atoms with Crippen LogP contribution in [0.4, 0.5) is 39.5 Å². The minimum atomic E-state index is -5.01. The number of fused-ring (bicyclic) bond motifs is 4. The molecule has 39 heavy (non-hydrogen) atoms. The molecule has 206 valence electrons. The molecule has 13 heteroatoms. The number of hydrogen-bond donors (Lipinski definition) is 0. The van der Waals surface area contributed by atoms with Crippen molar-refractivity contribution in [1.82, 2.24) is 0 Å². The van der Waals surface area contributed by atoms with Gasteiger partial charge in [-0.15, -0.1) is 0 Å². The molecule has 2 bridgehead atoms. The van der Waals surface area contributed by atoms with Gasteiger partial charge in [-0.2, -0.15) is 22.0 Å². The van der Waals surface area contributed by atoms with Crippen molar-refractivity contribution < 1.29 is 58.5 Å². The van der Waals surface area contributed by atoms with Gasteiger partial charge in [0.25, 0.3) is 0 Å². The number of rotatable bonds is 4. The molecule has 0 aromatic heterocycles. The van der Waals surface area contributed by atoms with Gasteiger partial charge < -0.3 is 18.9 Å². The van der Waals surface area contributed by atoms with Gasteiger partial charge in [0.2, 0.25) is 0 Å². The van der Waals surface area contributed by atoms with Gasteiger partial charge in [-0.25, -0.2) is 17.6 Å². The predicted octanol–water partition coefficient (Wildman–Crippen LogP) is 6.63. The smallest absolute Gasteiger partial charge is 0.429 e. The van der Waals surface area contributed by atoms with Crippen molar-refractivity contribution in [3.63, 3.8) is 0 Å². The molecule has 0 N–H and O–H groups in total. The summed E-state index contributed by atoms with van der Waals surface area (Å²) in [6, 6.07) is 3.96. The van der Waals surface area contributed by atoms with Gasteiger partial charge in [-0.1, -0.05) is 12.8 Å². The summed E-state index contributed by atoms with van der Waals surface area (Å²) in [6.07, 6.45) is -9.63. The lowest BCUT2D eigenvalue weighted by atomic mass is 9.91. The molecule has 0 spiro atoms. The fraction of sp³-hybridized carbons (Fsp3) is 0.308. The molecule has 3 aromatic rings. The van der Waals surface area contributed by atoms with Crippen LogP contribution in [0, 0.1) is 40.5 Å². The summed E-state index contributed by atoms with van der Waals surface area (Å²) in [5.41, 5.74) is -3.75. The molecule has 3 aliphatic heterocycles. The maximum absolute atomic E-state index is 14.9. The van der Waals surface area contributed by atoms with Crippen molar-refractivity contribution in [1.29, 1.82) is 0 Å². The summed E-state index contributed by atoms with van der Waals surface area (Å²) in [4.78, 5) is 0. The van der Waals surface area contributed by atoms with Crippen LogP contribution in [0.15, 0.2) is 36.4 Å². The van der Waals surface area contributed by atoms with Crippen molar-refractivity contribution >= 4 is 10.8 Å². The van der Waals surface area contributed by atoms with E-state index in [9.17, 15) is 39.5 Å². The van der Waals surface area contributed by atoms with Crippen molar-refractivity contribution in [2.45, 2.75) is 25.2 Å². The third-order valence-electron chi connectivity index (χ3n) is 6.09. The van der Waals surface area contributed by atoms with Gasteiger partial charge in [-0.05, 0) is 41.8 Å². The predicted molar refractivity (Wildman–Crippen MR) is 115 cm³/mol. The van der Waals surface area contributed by atoms with E-state index in [4.69, 9.17) is 14.2 Å². The van der Waals surface area contributed by atoms with Gasteiger partial charge >= 0.3 is 18.3 Å². The van der Waals surface area contributed by atoms with E-state index in [2.05, 4.69) is 4.74 Å². The normalized spacial score (nSPS) is 23.0. The molecular weight excluding hydrogens is 547 g/mol. The van der Waals surface area contributed by atoms with E-state index >= 15 is 0 Å². The SMILES string of the molecule is CC12COC(c3cc(F)c(C(F)(F)Oc4ccc5c(F)c(C#CC(F)(F)F)c(F)cc5c4)c(F)c3)(OC1)OC2. The highest BCUT2D eigenvalue weighted by Gasteiger charge is 2.53. The number of hydrogen-bond acceptors (Lipinski definition) is 4. The zero-order valence-corrected chi connectivity index (χ0v) is 19.6. The lowest BCUT2D eigenvalue weighted by molar-refractivity contribution is -0.477. The quantitative estimate of drug-likeness (QED) is 0.264. The third kappa shape index (κ3) is 4.99. The Kier molecular flexibility index (Phi) is 6.28. The molecule has 6 rings (SSSR count). The molecule has 0 aliphatic carbocycles. The van der Waals surface area contributed by atoms with Crippen LogP contribution in [-0.4, -0.2) is 26.0 Å². The molecular formula is C26H15F9O4. The maximum Gasteiger partial charge on any atom is 0.458 e. The maximum atomic E-state index is 14.9. The first-order chi connectivity index (χ1) is 18.1. The molecule has 4 nitrogen and oxygen atoms in total. The topological polar surface area (TPSA) is 36.9 Å². The van der Waals surface area contributed by atoms with Crippen LogP contribution in [0.25, 0.3) is 10.8 Å². The average Bonchev–Trinajstić information content (AvgIpc) is 2.83. The van der Waals surface area contributed by atoms with E-state index in [1.165, 1.54) is 5.92 Å². The molecule has 0 unspecified atom stereocenters. The zero-order valence-electron chi connectivity index (χ0n) is 19.6. The summed E-state index contributed by atoms with van der Waals surface area (Å²) < 4.78 is 146. The van der Waals surface area contributed by atoms with Crippen LogP contribution in [0.1, 0.15) is 23.6 Å². The Morgan fingerprint density at radius 2 is 1.41 bits per heavy atom. The summed E-state index contributed by atoms with van der Waals surface area (Å²) in [5, 5.41) is -0.852. The molecule has 0 radical (unpaired) electrons. The highest BCUT2D eigenvalue weighted by molar-refractivity contribution is 5.86. The van der Waals surface area contributed by atoms with Gasteiger partial charge in [0, 0.05) is 22.3 Å². The van der Waals surface area contributed by atoms with Crippen LogP contribution in [-0.2, 0) is 26.3 Å². The monoisotopic (exact) mass is 562 g/mol. The second-order valence-corrected chi connectivity index (χ2v) is 9.34. The minimum Gasteiger partial charge on any atom is -0.429 e. The van der Waals surface area contributed by atoms with E-state index in [1.807, 2.05) is 0 Å². The van der Waals surface area contributed by atoms with Crippen molar-refractivity contribution in [3.8, 4) is 17.6 Å². The van der Waals surface area contributed by atoms with E-state index in [1.54, 1.807) is 6.92 Å². The Morgan fingerprint density at radius 3 is 1.97 bits per heavy atom. The molecule has 3 aliphatic rings. The number of benzene rings is 3. The van der Waals surface area contributed by atoms with Crippen LogP contribution >= 0.6 is 0 Å². The second-order valence-electron chi connectivity index (χ2n) is 9.34. The van der Waals surface area contributed by atoms with Gasteiger partial charge in [0.1, 0.15) is 34.6 Å². The highest BCUT2D eigenvalue weighted by atomic mass is 19.4. The summed E-state index contributed by atoms with van der Waals surface area (Å²) >= 11 is 0. The van der Waals surface area contributed by atoms with E-state index < -0.39 is 69.2 Å². The standard InChI is InChI=1S/C26H15F9O4/c1-23-10-36-26(37-11-23,38-12-23)14-8-19(28)21(20(29)9-14)25(34,35)39-15-2-3-16-13(6-15)7-18(27)17(22(16)30)4-5-24(31,32)33/h2-3,6-9H,10-12H2,1H3. The Bertz CT molecular complexity index is 1490. The van der Waals surface area contributed by atoms with Gasteiger partial charge in [0.15, 0.2) is 0 Å². The molecule has 0 atom stereocenters. The molecule has 0 amide bonds. The van der Waals surface area contributed by atoms with E-state index in [0.717, 1.165) is 24.1 Å². The zero-order chi connectivity index (χ0) is 28.4. The van der Waals surface area contributed by atoms with Crippen LogP contribution in [0.3, 0.4) is 0 Å². The number of ether oxygens (including phenoxy) is 4. The van der Waals surface area contributed by atoms with Gasteiger partial charge in [0.05, 0.1) is 25.4 Å². The lowest BCUT2D eigenvalue weighted by Crippen LogP contribution is -2.57. The fourth-order valence-corrected chi connectivity index (χ4v) is 4.15. The molecule has 0 saturated carbocycles. The molecule has 3 saturated heterocycles. The van der Waals surface area contributed by atoms with Gasteiger partial charge in [-0.3, -0.25) is 0 Å². The molecule has 3 heterocycles. The van der Waals surface area contributed by atoms with Crippen LogP contribution < -0.4 is 4.74 Å². The van der Waals surface area contributed by atoms with Crippen LogP contribution in [0.2, 0.25) is 0 Å². The summed E-state index contributed by atoms with van der Waals surface area (Å²) in [7, 11) is 0. The Hall–Kier alpha value is -3.47. The second kappa shape index (κ2) is 9.04. The Labute approximate surface area is 214 Å².